The number of ether oxygens (including phenoxy) is 3. The first-order chi connectivity index (χ1) is 8.74. The normalized spacial score (nSPS) is 16.1. The summed E-state index contributed by atoms with van der Waals surface area (Å²) in [6.45, 7) is 0.531. The molecule has 1 fully saturated rings. The van der Waals surface area contributed by atoms with E-state index in [0.717, 1.165) is 18.4 Å². The van der Waals surface area contributed by atoms with Crippen LogP contribution >= 0.6 is 0 Å². The van der Waals surface area contributed by atoms with Gasteiger partial charge in [0.1, 0.15) is 5.75 Å². The SMILES string of the molecule is COCc1cccc(OC(C(=O)OC)C2CC2)c1. The van der Waals surface area contributed by atoms with E-state index in [-0.39, 0.29) is 5.97 Å². The van der Waals surface area contributed by atoms with Crippen LogP contribution < -0.4 is 4.74 Å². The summed E-state index contributed by atoms with van der Waals surface area (Å²) in [7, 11) is 3.04. The molecule has 2 rings (SSSR count). The molecule has 18 heavy (non-hydrogen) atoms. The van der Waals surface area contributed by atoms with E-state index in [2.05, 4.69) is 0 Å². The summed E-state index contributed by atoms with van der Waals surface area (Å²) in [5.74, 6) is 0.685. The van der Waals surface area contributed by atoms with Gasteiger partial charge in [-0.2, -0.15) is 0 Å². The van der Waals surface area contributed by atoms with Crippen molar-refractivity contribution in [1.29, 1.82) is 0 Å². The van der Waals surface area contributed by atoms with Gasteiger partial charge in [0.05, 0.1) is 13.7 Å². The molecule has 1 aromatic rings. The number of esters is 1. The Morgan fingerprint density at radius 3 is 2.78 bits per heavy atom. The van der Waals surface area contributed by atoms with Crippen LogP contribution in [0.25, 0.3) is 0 Å². The monoisotopic (exact) mass is 250 g/mol. The van der Waals surface area contributed by atoms with E-state index in [1.165, 1.54) is 7.11 Å². The van der Waals surface area contributed by atoms with Crippen LogP contribution in [0.5, 0.6) is 5.75 Å². The number of hydrogen-bond donors (Lipinski definition) is 0. The zero-order chi connectivity index (χ0) is 13.0. The van der Waals surface area contributed by atoms with E-state index in [1.807, 2.05) is 24.3 Å². The van der Waals surface area contributed by atoms with E-state index < -0.39 is 6.10 Å². The molecule has 1 unspecified atom stereocenters. The van der Waals surface area contributed by atoms with Crippen LogP contribution in [0.4, 0.5) is 0 Å². The first kappa shape index (κ1) is 12.9. The molecule has 1 aliphatic rings. The fourth-order valence-corrected chi connectivity index (χ4v) is 1.87. The first-order valence-electron chi connectivity index (χ1n) is 6.07. The Bertz CT molecular complexity index is 412. The molecule has 98 valence electrons. The van der Waals surface area contributed by atoms with Crippen molar-refractivity contribution in [2.45, 2.75) is 25.6 Å². The Morgan fingerprint density at radius 2 is 2.17 bits per heavy atom. The summed E-state index contributed by atoms with van der Waals surface area (Å²) >= 11 is 0. The molecular formula is C14H18O4. The van der Waals surface area contributed by atoms with Crippen molar-refractivity contribution in [1.82, 2.24) is 0 Å². The van der Waals surface area contributed by atoms with Gasteiger partial charge in [0.25, 0.3) is 0 Å². The molecule has 1 aromatic carbocycles. The van der Waals surface area contributed by atoms with Crippen molar-refractivity contribution in [3.8, 4) is 5.75 Å². The average molecular weight is 250 g/mol. The highest BCUT2D eigenvalue weighted by Gasteiger charge is 2.39. The molecule has 4 heteroatoms. The molecule has 0 radical (unpaired) electrons. The van der Waals surface area contributed by atoms with Gasteiger partial charge in [-0.05, 0) is 30.5 Å². The topological polar surface area (TPSA) is 44.8 Å². The van der Waals surface area contributed by atoms with Gasteiger partial charge in [0.15, 0.2) is 6.10 Å². The van der Waals surface area contributed by atoms with Crippen molar-refractivity contribution in [2.24, 2.45) is 5.92 Å². The van der Waals surface area contributed by atoms with E-state index in [9.17, 15) is 4.79 Å². The molecule has 1 atom stereocenters. The maximum absolute atomic E-state index is 11.6. The van der Waals surface area contributed by atoms with Gasteiger partial charge in [0.2, 0.25) is 0 Å². The number of hydrogen-bond acceptors (Lipinski definition) is 4. The number of rotatable bonds is 6. The van der Waals surface area contributed by atoms with Gasteiger partial charge < -0.3 is 14.2 Å². The summed E-state index contributed by atoms with van der Waals surface area (Å²) in [5.41, 5.74) is 1.02. The summed E-state index contributed by atoms with van der Waals surface area (Å²) in [4.78, 5) is 11.6. The zero-order valence-electron chi connectivity index (χ0n) is 10.7. The minimum atomic E-state index is -0.479. The molecule has 0 aliphatic heterocycles. The van der Waals surface area contributed by atoms with Crippen molar-refractivity contribution >= 4 is 5.97 Å². The van der Waals surface area contributed by atoms with E-state index >= 15 is 0 Å². The minimum absolute atomic E-state index is 0.295. The van der Waals surface area contributed by atoms with Crippen molar-refractivity contribution in [2.75, 3.05) is 14.2 Å². The van der Waals surface area contributed by atoms with E-state index in [4.69, 9.17) is 14.2 Å². The lowest BCUT2D eigenvalue weighted by Crippen LogP contribution is -2.30. The minimum Gasteiger partial charge on any atom is -0.478 e. The van der Waals surface area contributed by atoms with Gasteiger partial charge >= 0.3 is 5.97 Å². The van der Waals surface area contributed by atoms with E-state index in [1.54, 1.807) is 7.11 Å². The van der Waals surface area contributed by atoms with Crippen LogP contribution in [0.1, 0.15) is 18.4 Å². The van der Waals surface area contributed by atoms with Crippen LogP contribution in [0.3, 0.4) is 0 Å². The molecule has 0 heterocycles. The van der Waals surface area contributed by atoms with Crippen LogP contribution in [-0.2, 0) is 20.9 Å². The number of benzene rings is 1. The van der Waals surface area contributed by atoms with Gasteiger partial charge in [-0.15, -0.1) is 0 Å². The van der Waals surface area contributed by atoms with Crippen LogP contribution in [0.2, 0.25) is 0 Å². The zero-order valence-corrected chi connectivity index (χ0v) is 10.7. The highest BCUT2D eigenvalue weighted by atomic mass is 16.6. The molecule has 1 aliphatic carbocycles. The van der Waals surface area contributed by atoms with Crippen molar-refractivity contribution in [3.05, 3.63) is 29.8 Å². The van der Waals surface area contributed by atoms with Crippen LogP contribution in [0.15, 0.2) is 24.3 Å². The standard InChI is InChI=1S/C14H18O4/c1-16-9-10-4-3-5-12(8-10)18-13(11-6-7-11)14(15)17-2/h3-5,8,11,13H,6-7,9H2,1-2H3. The Hall–Kier alpha value is -1.55. The van der Waals surface area contributed by atoms with Crippen LogP contribution in [0, 0.1) is 5.92 Å². The summed E-state index contributed by atoms with van der Waals surface area (Å²) in [6.07, 6.45) is 1.57. The van der Waals surface area contributed by atoms with Gasteiger partial charge in [0, 0.05) is 13.0 Å². The third-order valence-corrected chi connectivity index (χ3v) is 2.96. The Labute approximate surface area is 107 Å². The lowest BCUT2D eigenvalue weighted by Gasteiger charge is -2.16. The third kappa shape index (κ3) is 3.23. The van der Waals surface area contributed by atoms with Crippen molar-refractivity contribution in [3.63, 3.8) is 0 Å². The second-order valence-electron chi connectivity index (χ2n) is 4.48. The number of carbonyl (C=O) groups is 1. The highest BCUT2D eigenvalue weighted by Crippen LogP contribution is 2.35. The second kappa shape index (κ2) is 5.87. The van der Waals surface area contributed by atoms with Gasteiger partial charge in [-0.1, -0.05) is 12.1 Å². The first-order valence-corrected chi connectivity index (χ1v) is 6.07. The Morgan fingerprint density at radius 1 is 1.39 bits per heavy atom. The molecule has 4 nitrogen and oxygen atoms in total. The molecule has 0 amide bonds. The smallest absolute Gasteiger partial charge is 0.347 e. The lowest BCUT2D eigenvalue weighted by molar-refractivity contribution is -0.149. The van der Waals surface area contributed by atoms with E-state index in [0.29, 0.717) is 18.3 Å². The van der Waals surface area contributed by atoms with Gasteiger partial charge in [-0.3, -0.25) is 0 Å². The highest BCUT2D eigenvalue weighted by molar-refractivity contribution is 5.75. The Kier molecular flexibility index (Phi) is 4.20. The number of carbonyl (C=O) groups excluding carboxylic acids is 1. The summed E-state index contributed by atoms with van der Waals surface area (Å²) < 4.78 is 15.6. The summed E-state index contributed by atoms with van der Waals surface area (Å²) in [6, 6.07) is 7.59. The fraction of sp³-hybridized carbons (Fsp3) is 0.500. The van der Waals surface area contributed by atoms with Crippen LogP contribution in [-0.4, -0.2) is 26.3 Å². The van der Waals surface area contributed by atoms with Gasteiger partial charge in [-0.25, -0.2) is 4.79 Å². The third-order valence-electron chi connectivity index (χ3n) is 2.96. The molecule has 1 saturated carbocycles. The molecule has 0 aromatic heterocycles. The molecule has 0 saturated heterocycles. The largest absolute Gasteiger partial charge is 0.478 e. The lowest BCUT2D eigenvalue weighted by atomic mass is 10.2. The second-order valence-corrected chi connectivity index (χ2v) is 4.48. The average Bonchev–Trinajstić information content (AvgIpc) is 3.20. The maximum Gasteiger partial charge on any atom is 0.347 e. The predicted molar refractivity (Wildman–Crippen MR) is 66.3 cm³/mol. The molecule has 0 bridgehead atoms. The van der Waals surface area contributed by atoms with Crippen molar-refractivity contribution < 1.29 is 19.0 Å². The molecule has 0 spiro atoms. The predicted octanol–water partition coefficient (Wildman–Crippen LogP) is 2.16. The Balaban J connectivity index is 2.06. The fourth-order valence-electron chi connectivity index (χ4n) is 1.87. The molecule has 0 N–H and O–H groups in total. The summed E-state index contributed by atoms with van der Waals surface area (Å²) in [5, 5.41) is 0. The quantitative estimate of drug-likeness (QED) is 0.726. The number of methoxy groups -OCH3 is 2. The molecular weight excluding hydrogens is 232 g/mol. The maximum atomic E-state index is 11.6.